The van der Waals surface area contributed by atoms with Crippen molar-refractivity contribution in [3.05, 3.63) is 0 Å². The predicted octanol–water partition coefficient (Wildman–Crippen LogP) is 1.09. The Kier molecular flexibility index (Phi) is 24.7. The predicted molar refractivity (Wildman–Crippen MR) is 113 cm³/mol. The number of methoxy groups -OCH3 is 1. The fourth-order valence-electron chi connectivity index (χ4n) is 2.02. The number of hydrogen-bond acceptors (Lipinski definition) is 10. The van der Waals surface area contributed by atoms with E-state index in [0.717, 1.165) is 0 Å². The van der Waals surface area contributed by atoms with Crippen LogP contribution in [0, 0.1) is 0 Å². The summed E-state index contributed by atoms with van der Waals surface area (Å²) >= 11 is 0. The monoisotopic (exact) mass is 454 g/mol. The molecule has 0 saturated heterocycles. The molecule has 0 aromatic carbocycles. The molecular formula is C21H42O10. The zero-order chi connectivity index (χ0) is 22.8. The molecule has 0 amide bonds. The summed E-state index contributed by atoms with van der Waals surface area (Å²) < 4.78 is 47.5. The second-order valence-corrected chi connectivity index (χ2v) is 6.53. The van der Waals surface area contributed by atoms with Gasteiger partial charge in [0.2, 0.25) is 0 Å². The molecule has 10 heteroatoms. The van der Waals surface area contributed by atoms with E-state index in [1.54, 1.807) is 0 Å². The second-order valence-electron chi connectivity index (χ2n) is 6.53. The Bertz CT molecular complexity index is 368. The summed E-state index contributed by atoms with van der Waals surface area (Å²) in [5.74, 6) is -0.280. The lowest BCUT2D eigenvalue weighted by atomic mass is 10.5. The first-order valence-electron chi connectivity index (χ1n) is 10.9. The largest absolute Gasteiger partial charge is 0.469 e. The van der Waals surface area contributed by atoms with Gasteiger partial charge < -0.3 is 42.6 Å². The minimum Gasteiger partial charge on any atom is -0.469 e. The third kappa shape index (κ3) is 27.1. The van der Waals surface area contributed by atoms with Crippen molar-refractivity contribution in [3.63, 3.8) is 0 Å². The smallest absolute Gasteiger partial charge is 0.307 e. The Morgan fingerprint density at radius 3 is 1.10 bits per heavy atom. The maximum absolute atomic E-state index is 10.9. The number of esters is 1. The van der Waals surface area contributed by atoms with Gasteiger partial charge in [-0.05, 0) is 13.8 Å². The third-order valence-corrected chi connectivity index (χ3v) is 3.59. The number of ether oxygens (including phenoxy) is 9. The third-order valence-electron chi connectivity index (χ3n) is 3.59. The lowest BCUT2D eigenvalue weighted by Gasteiger charge is -2.09. The topological polar surface area (TPSA) is 100 Å². The van der Waals surface area contributed by atoms with Crippen LogP contribution in [0.5, 0.6) is 0 Å². The van der Waals surface area contributed by atoms with Gasteiger partial charge in [0.25, 0.3) is 0 Å². The number of hydrogen-bond donors (Lipinski definition) is 0. The standard InChI is InChI=1S/C21H42O10/c1-20(2)31-19-18-30-17-16-29-15-14-28-13-12-27-11-10-26-9-8-25-7-6-24-5-4-21(22)23-3/h20H,4-19H2,1-3H3. The summed E-state index contributed by atoms with van der Waals surface area (Å²) in [7, 11) is 1.35. The molecule has 0 rings (SSSR count). The molecule has 0 heterocycles. The average molecular weight is 455 g/mol. The van der Waals surface area contributed by atoms with Crippen LogP contribution in [0.25, 0.3) is 0 Å². The van der Waals surface area contributed by atoms with Crippen LogP contribution in [0.15, 0.2) is 0 Å². The number of carbonyl (C=O) groups excluding carboxylic acids is 1. The molecule has 0 unspecified atom stereocenters. The van der Waals surface area contributed by atoms with Gasteiger partial charge in [0.05, 0.1) is 119 Å². The first-order valence-corrected chi connectivity index (χ1v) is 10.9. The van der Waals surface area contributed by atoms with E-state index in [9.17, 15) is 4.79 Å². The fraction of sp³-hybridized carbons (Fsp3) is 0.952. The van der Waals surface area contributed by atoms with E-state index in [1.165, 1.54) is 7.11 Å². The van der Waals surface area contributed by atoms with Crippen LogP contribution in [0.1, 0.15) is 20.3 Å². The number of rotatable bonds is 25. The van der Waals surface area contributed by atoms with Crippen molar-refractivity contribution in [1.29, 1.82) is 0 Å². The Labute approximate surface area is 186 Å². The molecule has 10 nitrogen and oxygen atoms in total. The molecule has 186 valence electrons. The Morgan fingerprint density at radius 1 is 0.516 bits per heavy atom. The SMILES string of the molecule is COC(=O)CCOCCOCCOCCOCCOCCOCCOCCOC(C)C. The van der Waals surface area contributed by atoms with Crippen LogP contribution in [-0.2, 0) is 47.4 Å². The molecule has 0 atom stereocenters. The minimum atomic E-state index is -0.280. The van der Waals surface area contributed by atoms with Crippen LogP contribution in [0.2, 0.25) is 0 Å². The molecule has 0 fully saturated rings. The molecule has 0 aliphatic heterocycles. The summed E-state index contributed by atoms with van der Waals surface area (Å²) in [5.41, 5.74) is 0. The van der Waals surface area contributed by atoms with E-state index in [1.807, 2.05) is 13.8 Å². The van der Waals surface area contributed by atoms with Crippen LogP contribution < -0.4 is 0 Å². The van der Waals surface area contributed by atoms with E-state index in [4.69, 9.17) is 37.9 Å². The molecule has 0 N–H and O–H groups in total. The van der Waals surface area contributed by atoms with Gasteiger partial charge in [-0.3, -0.25) is 4.79 Å². The van der Waals surface area contributed by atoms with Gasteiger partial charge in [-0.1, -0.05) is 0 Å². The van der Waals surface area contributed by atoms with Crippen LogP contribution in [0.3, 0.4) is 0 Å². The highest BCUT2D eigenvalue weighted by molar-refractivity contribution is 5.69. The van der Waals surface area contributed by atoms with E-state index in [-0.39, 0.29) is 18.5 Å². The zero-order valence-corrected chi connectivity index (χ0v) is 19.5. The molecule has 0 aliphatic rings. The molecule has 0 spiro atoms. The average Bonchev–Trinajstić information content (AvgIpc) is 2.76. The van der Waals surface area contributed by atoms with Gasteiger partial charge in [0.1, 0.15) is 0 Å². The summed E-state index contributed by atoms with van der Waals surface area (Å²) in [4.78, 5) is 10.9. The second kappa shape index (κ2) is 25.4. The van der Waals surface area contributed by atoms with Crippen molar-refractivity contribution in [3.8, 4) is 0 Å². The summed E-state index contributed by atoms with van der Waals surface area (Å²) in [6.45, 7) is 11.6. The molecule has 31 heavy (non-hydrogen) atoms. The van der Waals surface area contributed by atoms with Gasteiger partial charge in [-0.2, -0.15) is 0 Å². The molecule has 0 saturated carbocycles. The van der Waals surface area contributed by atoms with Crippen molar-refractivity contribution in [2.45, 2.75) is 26.4 Å². The molecule has 0 aromatic heterocycles. The molecule has 0 aliphatic carbocycles. The zero-order valence-electron chi connectivity index (χ0n) is 19.5. The maximum Gasteiger partial charge on any atom is 0.307 e. The van der Waals surface area contributed by atoms with E-state index in [0.29, 0.717) is 99.1 Å². The van der Waals surface area contributed by atoms with Crippen LogP contribution in [0.4, 0.5) is 0 Å². The first-order chi connectivity index (χ1) is 15.2. The molecular weight excluding hydrogens is 412 g/mol. The van der Waals surface area contributed by atoms with Crippen LogP contribution >= 0.6 is 0 Å². The maximum atomic E-state index is 10.9. The molecule has 0 aromatic rings. The number of carbonyl (C=O) groups is 1. The highest BCUT2D eigenvalue weighted by atomic mass is 16.6. The van der Waals surface area contributed by atoms with E-state index < -0.39 is 0 Å². The van der Waals surface area contributed by atoms with Crippen LogP contribution in [-0.4, -0.2) is 118 Å². The van der Waals surface area contributed by atoms with E-state index in [2.05, 4.69) is 4.74 Å². The Balaban J connectivity index is 3.03. The van der Waals surface area contributed by atoms with Gasteiger partial charge >= 0.3 is 5.97 Å². The summed E-state index contributed by atoms with van der Waals surface area (Å²) in [6, 6.07) is 0. The van der Waals surface area contributed by atoms with Gasteiger partial charge in [0.15, 0.2) is 0 Å². The first kappa shape index (κ1) is 30.1. The van der Waals surface area contributed by atoms with Crippen molar-refractivity contribution in [1.82, 2.24) is 0 Å². The Morgan fingerprint density at radius 2 is 0.806 bits per heavy atom. The van der Waals surface area contributed by atoms with Crippen molar-refractivity contribution in [2.75, 3.05) is 106 Å². The lowest BCUT2D eigenvalue weighted by Crippen LogP contribution is -2.15. The van der Waals surface area contributed by atoms with Gasteiger partial charge in [0, 0.05) is 0 Å². The quantitative estimate of drug-likeness (QED) is 0.147. The minimum absolute atomic E-state index is 0.233. The highest BCUT2D eigenvalue weighted by Crippen LogP contribution is 1.89. The van der Waals surface area contributed by atoms with Gasteiger partial charge in [-0.15, -0.1) is 0 Å². The van der Waals surface area contributed by atoms with Gasteiger partial charge in [-0.25, -0.2) is 0 Å². The van der Waals surface area contributed by atoms with Crippen molar-refractivity contribution >= 4 is 5.97 Å². The normalized spacial score (nSPS) is 11.4. The van der Waals surface area contributed by atoms with Crippen molar-refractivity contribution < 1.29 is 47.4 Å². The van der Waals surface area contributed by atoms with Crippen molar-refractivity contribution in [2.24, 2.45) is 0 Å². The lowest BCUT2D eigenvalue weighted by molar-refractivity contribution is -0.141. The molecule has 0 radical (unpaired) electrons. The summed E-state index contributed by atoms with van der Waals surface area (Å²) in [5, 5.41) is 0. The Hall–Kier alpha value is -0.850. The highest BCUT2D eigenvalue weighted by Gasteiger charge is 1.99. The molecule has 0 bridgehead atoms. The summed E-state index contributed by atoms with van der Waals surface area (Å²) in [6.07, 6.45) is 0.486. The fourth-order valence-corrected chi connectivity index (χ4v) is 2.02. The van der Waals surface area contributed by atoms with E-state index >= 15 is 0 Å².